The summed E-state index contributed by atoms with van der Waals surface area (Å²) < 4.78 is 27.9. The van der Waals surface area contributed by atoms with Gasteiger partial charge in [0.2, 0.25) is 0 Å². The Kier molecular flexibility index (Phi) is 3.15. The van der Waals surface area contributed by atoms with E-state index in [0.29, 0.717) is 0 Å². The van der Waals surface area contributed by atoms with Crippen LogP contribution in [-0.2, 0) is 0 Å². The normalized spacial score (nSPS) is 11.0. The first-order chi connectivity index (χ1) is 11.2. The molecule has 0 saturated heterocycles. The van der Waals surface area contributed by atoms with Crippen LogP contribution >= 0.6 is 0 Å². The number of hydrogen-bond acceptors (Lipinski definition) is 1. The quantitative estimate of drug-likeness (QED) is 0.521. The molecule has 0 unspecified atom stereocenters. The Balaban J connectivity index is 1.86. The first-order valence-corrected chi connectivity index (χ1v) is 7.13. The van der Waals surface area contributed by atoms with Crippen LogP contribution in [0.4, 0.5) is 8.78 Å². The zero-order valence-corrected chi connectivity index (χ0v) is 12.0. The molecular formula is C19H11F2N2. The van der Waals surface area contributed by atoms with Gasteiger partial charge < -0.3 is 0 Å². The maximum absolute atomic E-state index is 13.1. The molecule has 4 heteroatoms. The maximum Gasteiger partial charge on any atom is 0.123 e. The van der Waals surface area contributed by atoms with E-state index in [-0.39, 0.29) is 11.6 Å². The van der Waals surface area contributed by atoms with E-state index in [9.17, 15) is 8.78 Å². The van der Waals surface area contributed by atoms with Crippen molar-refractivity contribution in [1.29, 1.82) is 0 Å². The van der Waals surface area contributed by atoms with E-state index >= 15 is 0 Å². The van der Waals surface area contributed by atoms with Gasteiger partial charge in [-0.2, -0.15) is 5.10 Å². The molecule has 2 nitrogen and oxygen atoms in total. The number of fused-ring (bicyclic) bond motifs is 1. The SMILES string of the molecule is Fc1ccc(-c2ccc3[c]nn(-c4ccc(F)cc4)c3c2)cc1. The molecule has 0 saturated carbocycles. The molecule has 0 N–H and O–H groups in total. The fourth-order valence-electron chi connectivity index (χ4n) is 2.56. The molecule has 1 radical (unpaired) electrons. The highest BCUT2D eigenvalue weighted by atomic mass is 19.1. The van der Waals surface area contributed by atoms with E-state index in [2.05, 4.69) is 11.3 Å². The first kappa shape index (κ1) is 13.6. The predicted molar refractivity (Wildman–Crippen MR) is 85.3 cm³/mol. The lowest BCUT2D eigenvalue weighted by molar-refractivity contribution is 0.627. The number of halogens is 2. The van der Waals surface area contributed by atoms with Crippen molar-refractivity contribution in [2.75, 3.05) is 0 Å². The van der Waals surface area contributed by atoms with Crippen LogP contribution in [0.3, 0.4) is 0 Å². The molecule has 3 aromatic carbocycles. The topological polar surface area (TPSA) is 17.8 Å². The second-order valence-corrected chi connectivity index (χ2v) is 5.24. The lowest BCUT2D eigenvalue weighted by Gasteiger charge is -2.06. The summed E-state index contributed by atoms with van der Waals surface area (Å²) in [4.78, 5) is 0. The molecule has 0 aliphatic carbocycles. The fraction of sp³-hybridized carbons (Fsp3) is 0. The van der Waals surface area contributed by atoms with Gasteiger partial charge in [-0.3, -0.25) is 0 Å². The maximum atomic E-state index is 13.1. The molecule has 0 fully saturated rings. The standard InChI is InChI=1S/C19H11F2N2/c20-16-5-3-13(4-6-16)14-1-2-15-12-22-23(19(15)11-14)18-9-7-17(21)8-10-18/h1-11H. The Morgan fingerprint density at radius 2 is 1.35 bits per heavy atom. The zero-order valence-electron chi connectivity index (χ0n) is 12.0. The van der Waals surface area contributed by atoms with E-state index in [0.717, 1.165) is 27.7 Å². The van der Waals surface area contributed by atoms with Crippen molar-refractivity contribution in [3.63, 3.8) is 0 Å². The van der Waals surface area contributed by atoms with Crippen molar-refractivity contribution < 1.29 is 8.78 Å². The average Bonchev–Trinajstić information content (AvgIpc) is 2.99. The van der Waals surface area contributed by atoms with Crippen LogP contribution in [0, 0.1) is 17.8 Å². The average molecular weight is 305 g/mol. The summed E-state index contributed by atoms with van der Waals surface area (Å²) in [5.74, 6) is -0.555. The van der Waals surface area contributed by atoms with Crippen LogP contribution in [0.15, 0.2) is 66.7 Å². The van der Waals surface area contributed by atoms with E-state index in [1.54, 1.807) is 28.9 Å². The molecule has 23 heavy (non-hydrogen) atoms. The van der Waals surface area contributed by atoms with Crippen molar-refractivity contribution in [2.24, 2.45) is 0 Å². The van der Waals surface area contributed by atoms with E-state index in [1.165, 1.54) is 24.3 Å². The summed E-state index contributed by atoms with van der Waals surface area (Å²) in [7, 11) is 0. The third-order valence-electron chi connectivity index (χ3n) is 3.75. The number of aromatic nitrogens is 2. The highest BCUT2D eigenvalue weighted by Crippen LogP contribution is 2.26. The molecule has 0 bridgehead atoms. The minimum Gasteiger partial charge on any atom is -0.232 e. The molecule has 0 spiro atoms. The summed E-state index contributed by atoms with van der Waals surface area (Å²) in [6.45, 7) is 0. The first-order valence-electron chi connectivity index (χ1n) is 7.13. The lowest BCUT2D eigenvalue weighted by atomic mass is 10.0. The molecule has 0 atom stereocenters. The predicted octanol–water partition coefficient (Wildman–Crippen LogP) is 4.77. The summed E-state index contributed by atoms with van der Waals surface area (Å²) in [5, 5.41) is 5.11. The molecule has 1 heterocycles. The van der Waals surface area contributed by atoms with Gasteiger partial charge in [-0.05, 0) is 59.7 Å². The molecule has 4 rings (SSSR count). The lowest BCUT2D eigenvalue weighted by Crippen LogP contribution is -1.96. The number of hydrogen-bond donors (Lipinski definition) is 0. The highest BCUT2D eigenvalue weighted by molar-refractivity contribution is 5.85. The minimum atomic E-state index is -0.291. The van der Waals surface area contributed by atoms with Gasteiger partial charge in [0.1, 0.15) is 17.8 Å². The van der Waals surface area contributed by atoms with Crippen LogP contribution in [0.2, 0.25) is 0 Å². The molecule has 0 amide bonds. The van der Waals surface area contributed by atoms with Crippen molar-refractivity contribution in [3.8, 4) is 16.8 Å². The monoisotopic (exact) mass is 305 g/mol. The van der Waals surface area contributed by atoms with Crippen LogP contribution in [0.1, 0.15) is 0 Å². The summed E-state index contributed by atoms with van der Waals surface area (Å²) >= 11 is 0. The van der Waals surface area contributed by atoms with Crippen molar-refractivity contribution in [3.05, 3.63) is 84.6 Å². The second-order valence-electron chi connectivity index (χ2n) is 5.24. The van der Waals surface area contributed by atoms with Gasteiger partial charge >= 0.3 is 0 Å². The summed E-state index contributed by atoms with van der Waals surface area (Å²) in [6.07, 6.45) is 2.95. The van der Waals surface area contributed by atoms with Crippen LogP contribution in [0.5, 0.6) is 0 Å². The van der Waals surface area contributed by atoms with Gasteiger partial charge in [0.15, 0.2) is 0 Å². The van der Waals surface area contributed by atoms with Gasteiger partial charge in [0.25, 0.3) is 0 Å². The Bertz CT molecular complexity index is 971. The molecule has 1 aromatic heterocycles. The van der Waals surface area contributed by atoms with Crippen molar-refractivity contribution in [1.82, 2.24) is 9.78 Å². The van der Waals surface area contributed by atoms with E-state index in [4.69, 9.17) is 0 Å². The Hall–Kier alpha value is -3.01. The van der Waals surface area contributed by atoms with E-state index in [1.807, 2.05) is 18.2 Å². The van der Waals surface area contributed by atoms with Gasteiger partial charge in [-0.25, -0.2) is 13.5 Å². The second kappa shape index (κ2) is 5.32. The van der Waals surface area contributed by atoms with Gasteiger partial charge in [-0.15, -0.1) is 0 Å². The number of nitrogens with zero attached hydrogens (tertiary/aromatic N) is 2. The van der Waals surface area contributed by atoms with Gasteiger partial charge in [0.05, 0.1) is 11.2 Å². The molecule has 111 valence electrons. The van der Waals surface area contributed by atoms with Crippen LogP contribution in [-0.4, -0.2) is 9.78 Å². The highest BCUT2D eigenvalue weighted by Gasteiger charge is 2.08. The van der Waals surface area contributed by atoms with E-state index < -0.39 is 0 Å². The van der Waals surface area contributed by atoms with Crippen molar-refractivity contribution >= 4 is 10.9 Å². The number of benzene rings is 3. The van der Waals surface area contributed by atoms with Crippen LogP contribution in [0.25, 0.3) is 27.7 Å². The van der Waals surface area contributed by atoms with Gasteiger partial charge in [-0.1, -0.05) is 18.2 Å². The summed E-state index contributed by atoms with van der Waals surface area (Å²) in [5.41, 5.74) is 3.49. The third kappa shape index (κ3) is 2.48. The Morgan fingerprint density at radius 3 is 2.04 bits per heavy atom. The Morgan fingerprint density at radius 1 is 0.739 bits per heavy atom. The molecule has 0 aliphatic rings. The van der Waals surface area contributed by atoms with Crippen molar-refractivity contribution in [2.45, 2.75) is 0 Å². The Labute approximate surface area is 131 Å². The molecule has 4 aromatic rings. The smallest absolute Gasteiger partial charge is 0.123 e. The zero-order chi connectivity index (χ0) is 15.8. The molecular weight excluding hydrogens is 294 g/mol. The van der Waals surface area contributed by atoms with Gasteiger partial charge in [0, 0.05) is 5.39 Å². The summed E-state index contributed by atoms with van der Waals surface area (Å²) in [6, 6.07) is 18.3. The van der Waals surface area contributed by atoms with Crippen LogP contribution < -0.4 is 0 Å². The minimum absolute atomic E-state index is 0.264. The fourth-order valence-corrected chi connectivity index (χ4v) is 2.56. The number of rotatable bonds is 2. The third-order valence-corrected chi connectivity index (χ3v) is 3.75. The molecule has 0 aliphatic heterocycles. The largest absolute Gasteiger partial charge is 0.232 e.